The molecule has 1 fully saturated rings. The normalized spacial score (nSPS) is 23.7. The standard InChI is InChI=1S/C12H21N3O2S/c1-3-13-10-8-18-7-9(10)12-14-11(15-17-12)5-4-6-16-2/h9-10,13H,3-8H2,1-2H3. The molecule has 1 aliphatic heterocycles. The van der Waals surface area contributed by atoms with Crippen LogP contribution in [0.3, 0.4) is 0 Å². The second kappa shape index (κ2) is 7.11. The Morgan fingerprint density at radius 1 is 1.50 bits per heavy atom. The lowest BCUT2D eigenvalue weighted by Crippen LogP contribution is -2.34. The van der Waals surface area contributed by atoms with Crippen molar-refractivity contribution in [1.29, 1.82) is 0 Å². The van der Waals surface area contributed by atoms with Crippen molar-refractivity contribution in [3.8, 4) is 0 Å². The third-order valence-electron chi connectivity index (χ3n) is 3.10. The molecule has 1 N–H and O–H groups in total. The summed E-state index contributed by atoms with van der Waals surface area (Å²) in [6.45, 7) is 3.85. The Hall–Kier alpha value is -0.590. The molecule has 0 bridgehead atoms. The van der Waals surface area contributed by atoms with Gasteiger partial charge in [-0.3, -0.25) is 0 Å². The van der Waals surface area contributed by atoms with Crippen molar-refractivity contribution < 1.29 is 9.26 Å². The molecule has 0 radical (unpaired) electrons. The van der Waals surface area contributed by atoms with Crippen LogP contribution in [0.15, 0.2) is 4.52 Å². The SMILES string of the molecule is CCNC1CSCC1c1nc(CCCOC)no1. The molecule has 6 heteroatoms. The first-order chi connectivity index (χ1) is 8.85. The molecule has 0 amide bonds. The van der Waals surface area contributed by atoms with Crippen molar-refractivity contribution in [2.75, 3.05) is 31.8 Å². The third kappa shape index (κ3) is 3.46. The lowest BCUT2D eigenvalue weighted by Gasteiger charge is -2.15. The van der Waals surface area contributed by atoms with Crippen LogP contribution < -0.4 is 5.32 Å². The van der Waals surface area contributed by atoms with Crippen LogP contribution in [0.1, 0.15) is 31.0 Å². The Labute approximate surface area is 112 Å². The van der Waals surface area contributed by atoms with Gasteiger partial charge >= 0.3 is 0 Å². The van der Waals surface area contributed by atoms with Gasteiger partial charge in [-0.25, -0.2) is 0 Å². The van der Waals surface area contributed by atoms with Gasteiger partial charge in [0.1, 0.15) is 0 Å². The molecule has 102 valence electrons. The van der Waals surface area contributed by atoms with E-state index < -0.39 is 0 Å². The van der Waals surface area contributed by atoms with E-state index in [1.54, 1.807) is 7.11 Å². The summed E-state index contributed by atoms with van der Waals surface area (Å²) in [7, 11) is 1.71. The highest BCUT2D eigenvalue weighted by molar-refractivity contribution is 7.99. The molecule has 1 saturated heterocycles. The Balaban J connectivity index is 1.92. The molecule has 2 heterocycles. The summed E-state index contributed by atoms with van der Waals surface area (Å²) in [6, 6.07) is 0.465. The molecule has 2 rings (SSSR count). The molecule has 0 aliphatic carbocycles. The van der Waals surface area contributed by atoms with Crippen LogP contribution in [-0.4, -0.2) is 47.9 Å². The number of aromatic nitrogens is 2. The first-order valence-electron chi connectivity index (χ1n) is 6.47. The average Bonchev–Trinajstić information content (AvgIpc) is 2.98. The smallest absolute Gasteiger partial charge is 0.232 e. The molecule has 0 aromatic carbocycles. The number of aryl methyl sites for hydroxylation is 1. The maximum atomic E-state index is 5.40. The summed E-state index contributed by atoms with van der Waals surface area (Å²) in [5.74, 6) is 4.14. The number of thioether (sulfide) groups is 1. The van der Waals surface area contributed by atoms with Gasteiger partial charge in [0.25, 0.3) is 0 Å². The number of nitrogens with one attached hydrogen (secondary N) is 1. The number of ether oxygens (including phenoxy) is 1. The number of nitrogens with zero attached hydrogens (tertiary/aromatic N) is 2. The van der Waals surface area contributed by atoms with Crippen molar-refractivity contribution in [3.63, 3.8) is 0 Å². The van der Waals surface area contributed by atoms with Crippen LogP contribution in [0.2, 0.25) is 0 Å². The third-order valence-corrected chi connectivity index (χ3v) is 4.29. The Morgan fingerprint density at radius 3 is 3.17 bits per heavy atom. The molecule has 1 aromatic rings. The van der Waals surface area contributed by atoms with Crippen LogP contribution in [0.25, 0.3) is 0 Å². The summed E-state index contributed by atoms with van der Waals surface area (Å²) < 4.78 is 10.4. The van der Waals surface area contributed by atoms with Crippen molar-refractivity contribution in [2.45, 2.75) is 31.7 Å². The molecule has 18 heavy (non-hydrogen) atoms. The number of methoxy groups -OCH3 is 1. The fraction of sp³-hybridized carbons (Fsp3) is 0.833. The van der Waals surface area contributed by atoms with Crippen molar-refractivity contribution >= 4 is 11.8 Å². The van der Waals surface area contributed by atoms with Gasteiger partial charge in [0.05, 0.1) is 5.92 Å². The maximum Gasteiger partial charge on any atom is 0.232 e. The molecular weight excluding hydrogens is 250 g/mol. The van der Waals surface area contributed by atoms with Crippen molar-refractivity contribution in [2.24, 2.45) is 0 Å². The summed E-state index contributed by atoms with van der Waals surface area (Å²) in [6.07, 6.45) is 1.76. The van der Waals surface area contributed by atoms with Gasteiger partial charge in [0.15, 0.2) is 5.82 Å². The van der Waals surface area contributed by atoms with Crippen LogP contribution in [0.5, 0.6) is 0 Å². The summed E-state index contributed by atoms with van der Waals surface area (Å²) in [4.78, 5) is 4.51. The summed E-state index contributed by atoms with van der Waals surface area (Å²) >= 11 is 1.95. The predicted octanol–water partition coefficient (Wildman–Crippen LogP) is 1.46. The number of hydrogen-bond acceptors (Lipinski definition) is 6. The van der Waals surface area contributed by atoms with E-state index in [9.17, 15) is 0 Å². The van der Waals surface area contributed by atoms with Crippen LogP contribution in [-0.2, 0) is 11.2 Å². The molecule has 2 unspecified atom stereocenters. The number of rotatable bonds is 7. The molecule has 1 aliphatic rings. The van der Waals surface area contributed by atoms with Gasteiger partial charge in [0, 0.05) is 37.7 Å². The molecule has 1 aromatic heterocycles. The van der Waals surface area contributed by atoms with E-state index in [1.807, 2.05) is 11.8 Å². The first kappa shape index (κ1) is 13.8. The van der Waals surface area contributed by atoms with E-state index in [2.05, 4.69) is 22.4 Å². The number of likely N-dealkylation sites (N-methyl/N-ethyl adjacent to an activating group) is 1. The molecular formula is C12H21N3O2S. The second-order valence-corrected chi connectivity index (χ2v) is 5.53. The van der Waals surface area contributed by atoms with Gasteiger partial charge in [0.2, 0.25) is 5.89 Å². The van der Waals surface area contributed by atoms with E-state index in [-0.39, 0.29) is 0 Å². The van der Waals surface area contributed by atoms with Gasteiger partial charge < -0.3 is 14.6 Å². The van der Waals surface area contributed by atoms with Gasteiger partial charge in [-0.2, -0.15) is 16.7 Å². The summed E-state index contributed by atoms with van der Waals surface area (Å²) in [5.41, 5.74) is 0. The average molecular weight is 271 g/mol. The highest BCUT2D eigenvalue weighted by Crippen LogP contribution is 2.31. The minimum absolute atomic E-state index is 0.360. The first-order valence-corrected chi connectivity index (χ1v) is 7.63. The Kier molecular flexibility index (Phi) is 5.46. The highest BCUT2D eigenvalue weighted by Gasteiger charge is 2.32. The quantitative estimate of drug-likeness (QED) is 0.758. The fourth-order valence-electron chi connectivity index (χ4n) is 2.16. The monoisotopic (exact) mass is 271 g/mol. The van der Waals surface area contributed by atoms with Crippen molar-refractivity contribution in [3.05, 3.63) is 11.7 Å². The minimum atomic E-state index is 0.360. The van der Waals surface area contributed by atoms with Gasteiger partial charge in [-0.15, -0.1) is 0 Å². The lowest BCUT2D eigenvalue weighted by molar-refractivity contribution is 0.194. The minimum Gasteiger partial charge on any atom is -0.385 e. The van der Waals surface area contributed by atoms with Crippen molar-refractivity contribution in [1.82, 2.24) is 15.5 Å². The van der Waals surface area contributed by atoms with E-state index in [0.717, 1.165) is 49.2 Å². The number of hydrogen-bond donors (Lipinski definition) is 1. The molecule has 0 saturated carbocycles. The summed E-state index contributed by atoms with van der Waals surface area (Å²) in [5, 5.41) is 7.53. The van der Waals surface area contributed by atoms with E-state index >= 15 is 0 Å². The van der Waals surface area contributed by atoms with Gasteiger partial charge in [-0.1, -0.05) is 12.1 Å². The van der Waals surface area contributed by atoms with Crippen LogP contribution >= 0.6 is 11.8 Å². The Morgan fingerprint density at radius 2 is 2.39 bits per heavy atom. The van der Waals surface area contributed by atoms with Gasteiger partial charge in [-0.05, 0) is 13.0 Å². The Bertz CT molecular complexity index is 359. The predicted molar refractivity (Wildman–Crippen MR) is 72.0 cm³/mol. The largest absolute Gasteiger partial charge is 0.385 e. The zero-order chi connectivity index (χ0) is 12.8. The molecule has 5 nitrogen and oxygen atoms in total. The molecule has 2 atom stereocenters. The highest BCUT2D eigenvalue weighted by atomic mass is 32.2. The zero-order valence-electron chi connectivity index (χ0n) is 11.0. The second-order valence-electron chi connectivity index (χ2n) is 4.45. The topological polar surface area (TPSA) is 60.2 Å². The maximum absolute atomic E-state index is 5.40. The van der Waals surface area contributed by atoms with E-state index in [1.165, 1.54) is 0 Å². The van der Waals surface area contributed by atoms with Crippen LogP contribution in [0.4, 0.5) is 0 Å². The van der Waals surface area contributed by atoms with E-state index in [0.29, 0.717) is 12.0 Å². The zero-order valence-corrected chi connectivity index (χ0v) is 11.8. The lowest BCUT2D eigenvalue weighted by atomic mass is 10.0. The van der Waals surface area contributed by atoms with Crippen LogP contribution in [0, 0.1) is 0 Å². The van der Waals surface area contributed by atoms with E-state index in [4.69, 9.17) is 9.26 Å². The molecule has 0 spiro atoms. The fourth-order valence-corrected chi connectivity index (χ4v) is 3.52.